The molecule has 0 aromatic heterocycles. The van der Waals surface area contributed by atoms with Crippen LogP contribution in [0.25, 0.3) is 0 Å². The fraction of sp³-hybridized carbons (Fsp3) is 0.111. The summed E-state index contributed by atoms with van der Waals surface area (Å²) in [6.07, 6.45) is 0. The summed E-state index contributed by atoms with van der Waals surface area (Å²) < 4.78 is 6.98. The third-order valence-corrected chi connectivity index (χ3v) is 2.23. The molecule has 0 unspecified atom stereocenters. The molecule has 1 aromatic carbocycles. The van der Waals surface area contributed by atoms with Gasteiger partial charge in [-0.05, 0) is 24.1 Å². The van der Waals surface area contributed by atoms with Gasteiger partial charge in [-0.3, -0.25) is 15.4 Å². The van der Waals surface area contributed by atoms with Crippen LogP contribution in [0.1, 0.15) is 0 Å². The minimum Gasteiger partial charge on any atom is -0.468 e. The van der Waals surface area contributed by atoms with Crippen LogP contribution in [0.4, 0.5) is 4.79 Å². The number of rotatable bonds is 2. The first-order valence-corrected chi connectivity index (χ1v) is 4.95. The normalized spacial score (nSPS) is 9.13. The van der Waals surface area contributed by atoms with Gasteiger partial charge in [-0.25, -0.2) is 4.79 Å². The zero-order valence-corrected chi connectivity index (χ0v) is 8.93. The van der Waals surface area contributed by atoms with Gasteiger partial charge in [0.25, 0.3) is 6.02 Å². The van der Waals surface area contributed by atoms with Gasteiger partial charge in [0.1, 0.15) is 0 Å². The average molecular weight is 225 g/mol. The number of amides is 2. The second kappa shape index (κ2) is 5.92. The van der Waals surface area contributed by atoms with Crippen molar-refractivity contribution in [1.29, 1.82) is 5.41 Å². The molecule has 15 heavy (non-hydrogen) atoms. The smallest absolute Gasteiger partial charge is 0.333 e. The number of nitrogens with one attached hydrogen (secondary N) is 3. The summed E-state index contributed by atoms with van der Waals surface area (Å²) in [4.78, 5) is 12.0. The van der Waals surface area contributed by atoms with Crippen molar-refractivity contribution in [2.45, 2.75) is 4.90 Å². The molecule has 0 fully saturated rings. The Balaban J connectivity index is 2.32. The van der Waals surface area contributed by atoms with Crippen LogP contribution in [0.5, 0.6) is 0 Å². The monoisotopic (exact) mass is 225 g/mol. The van der Waals surface area contributed by atoms with Crippen molar-refractivity contribution < 1.29 is 9.53 Å². The van der Waals surface area contributed by atoms with Gasteiger partial charge in [0, 0.05) is 4.90 Å². The highest BCUT2D eigenvalue weighted by molar-refractivity contribution is 7.98. The molecule has 80 valence electrons. The van der Waals surface area contributed by atoms with Crippen molar-refractivity contribution in [1.82, 2.24) is 10.0 Å². The van der Waals surface area contributed by atoms with Crippen molar-refractivity contribution in [2.75, 3.05) is 7.11 Å². The highest BCUT2D eigenvalue weighted by Crippen LogP contribution is 2.12. The molecule has 1 aromatic rings. The Morgan fingerprint density at radius 3 is 2.67 bits per heavy atom. The van der Waals surface area contributed by atoms with E-state index in [1.54, 1.807) is 0 Å². The lowest BCUT2D eigenvalue weighted by atomic mass is 10.4. The molecule has 3 N–H and O–H groups in total. The summed E-state index contributed by atoms with van der Waals surface area (Å²) in [6.45, 7) is 0. The number of hydrogen-bond acceptors (Lipinski definition) is 4. The average Bonchev–Trinajstić information content (AvgIpc) is 2.27. The molecule has 2 amide bonds. The zero-order valence-electron chi connectivity index (χ0n) is 8.11. The van der Waals surface area contributed by atoms with Crippen LogP contribution < -0.4 is 10.0 Å². The van der Waals surface area contributed by atoms with E-state index in [1.165, 1.54) is 19.1 Å². The minimum absolute atomic E-state index is 0.291. The van der Waals surface area contributed by atoms with Crippen molar-refractivity contribution >= 4 is 24.0 Å². The van der Waals surface area contributed by atoms with Crippen LogP contribution in [-0.2, 0) is 4.74 Å². The topological polar surface area (TPSA) is 74.2 Å². The number of benzene rings is 1. The van der Waals surface area contributed by atoms with E-state index >= 15 is 0 Å². The summed E-state index contributed by atoms with van der Waals surface area (Å²) in [5.74, 6) is 0. The Hall–Kier alpha value is -1.69. The number of amidine groups is 1. The summed E-state index contributed by atoms with van der Waals surface area (Å²) in [6, 6.07) is 8.60. The van der Waals surface area contributed by atoms with Crippen LogP contribution in [0.15, 0.2) is 35.2 Å². The second-order valence-corrected chi connectivity index (χ2v) is 3.38. The van der Waals surface area contributed by atoms with E-state index in [9.17, 15) is 4.79 Å². The number of carbonyl (C=O) groups is 1. The fourth-order valence-electron chi connectivity index (χ4n) is 0.773. The first-order chi connectivity index (χ1) is 7.22. The van der Waals surface area contributed by atoms with Gasteiger partial charge in [-0.1, -0.05) is 18.2 Å². The quantitative estimate of drug-likeness (QED) is 0.406. The molecule has 0 bridgehead atoms. The standard InChI is InChI=1S/C9H11N3O2S/c1-14-8(10)11-9(13)12-15-7-5-3-2-4-6-7/h2-6H,1H3,(H3,10,11,12,13). The SMILES string of the molecule is COC(=N)NC(=O)NSc1ccccc1. The Kier molecular flexibility index (Phi) is 4.49. The largest absolute Gasteiger partial charge is 0.468 e. The molecule has 0 saturated carbocycles. The maximum atomic E-state index is 11.1. The highest BCUT2D eigenvalue weighted by Gasteiger charge is 2.03. The number of carbonyl (C=O) groups excluding carboxylic acids is 1. The van der Waals surface area contributed by atoms with E-state index in [2.05, 4.69) is 14.8 Å². The predicted octanol–water partition coefficient (Wildman–Crippen LogP) is 1.57. The molecule has 0 heterocycles. The lowest BCUT2D eigenvalue weighted by Gasteiger charge is -2.05. The summed E-state index contributed by atoms with van der Waals surface area (Å²) in [5, 5.41) is 9.24. The molecular weight excluding hydrogens is 214 g/mol. The van der Waals surface area contributed by atoms with Gasteiger partial charge in [0.15, 0.2) is 0 Å². The fourth-order valence-corrected chi connectivity index (χ4v) is 1.33. The molecule has 0 saturated heterocycles. The zero-order chi connectivity index (χ0) is 11.1. The molecule has 6 heteroatoms. The predicted molar refractivity (Wildman–Crippen MR) is 58.7 cm³/mol. The Labute approximate surface area is 91.8 Å². The van der Waals surface area contributed by atoms with E-state index in [1.807, 2.05) is 30.3 Å². The van der Waals surface area contributed by atoms with Crippen LogP contribution >= 0.6 is 11.9 Å². The molecule has 0 radical (unpaired) electrons. The maximum absolute atomic E-state index is 11.1. The van der Waals surface area contributed by atoms with Gasteiger partial charge >= 0.3 is 6.03 Å². The van der Waals surface area contributed by atoms with Crippen molar-refractivity contribution in [3.05, 3.63) is 30.3 Å². The molecule has 0 aliphatic rings. The van der Waals surface area contributed by atoms with Gasteiger partial charge in [0.2, 0.25) is 0 Å². The summed E-state index contributed by atoms with van der Waals surface area (Å²) in [7, 11) is 1.31. The van der Waals surface area contributed by atoms with Crippen molar-refractivity contribution in [3.63, 3.8) is 0 Å². The van der Waals surface area contributed by atoms with Crippen LogP contribution in [-0.4, -0.2) is 19.2 Å². The second-order valence-electron chi connectivity index (χ2n) is 2.50. The molecule has 1 rings (SSSR count). The summed E-state index contributed by atoms with van der Waals surface area (Å²) >= 11 is 1.17. The third kappa shape index (κ3) is 4.37. The molecule has 0 aliphatic heterocycles. The van der Waals surface area contributed by atoms with Crippen LogP contribution in [0.3, 0.4) is 0 Å². The molecule has 0 aliphatic carbocycles. The minimum atomic E-state index is -0.490. The van der Waals surface area contributed by atoms with Crippen molar-refractivity contribution in [3.8, 4) is 0 Å². The van der Waals surface area contributed by atoms with Gasteiger partial charge < -0.3 is 4.74 Å². The first kappa shape index (κ1) is 11.4. The highest BCUT2D eigenvalue weighted by atomic mass is 32.2. The lowest BCUT2D eigenvalue weighted by Crippen LogP contribution is -2.36. The van der Waals surface area contributed by atoms with E-state index < -0.39 is 6.03 Å². The Morgan fingerprint density at radius 2 is 2.07 bits per heavy atom. The van der Waals surface area contributed by atoms with E-state index in [-0.39, 0.29) is 6.02 Å². The number of urea groups is 1. The third-order valence-electron chi connectivity index (χ3n) is 1.44. The van der Waals surface area contributed by atoms with Crippen molar-refractivity contribution in [2.24, 2.45) is 0 Å². The number of methoxy groups -OCH3 is 1. The van der Waals surface area contributed by atoms with Gasteiger partial charge in [0.05, 0.1) is 7.11 Å². The van der Waals surface area contributed by atoms with E-state index in [4.69, 9.17) is 5.41 Å². The maximum Gasteiger partial charge on any atom is 0.333 e. The van der Waals surface area contributed by atoms with Gasteiger partial charge in [-0.15, -0.1) is 0 Å². The lowest BCUT2D eigenvalue weighted by molar-refractivity contribution is 0.247. The van der Waals surface area contributed by atoms with Gasteiger partial charge in [-0.2, -0.15) is 0 Å². The first-order valence-electron chi connectivity index (χ1n) is 4.14. The van der Waals surface area contributed by atoms with Crippen LogP contribution in [0.2, 0.25) is 0 Å². The van der Waals surface area contributed by atoms with E-state index in [0.29, 0.717) is 0 Å². The molecule has 0 atom stereocenters. The molecular formula is C9H11N3O2S. The van der Waals surface area contributed by atoms with E-state index in [0.717, 1.165) is 4.90 Å². The Bertz CT molecular complexity index is 342. The molecule has 5 nitrogen and oxygen atoms in total. The Morgan fingerprint density at radius 1 is 1.40 bits per heavy atom. The number of ether oxygens (including phenoxy) is 1. The summed E-state index contributed by atoms with van der Waals surface area (Å²) in [5.41, 5.74) is 0. The van der Waals surface area contributed by atoms with Crippen LogP contribution in [0, 0.1) is 5.41 Å². The molecule has 0 spiro atoms. The number of hydrogen-bond donors (Lipinski definition) is 3.